The molecule has 0 aliphatic rings. The average Bonchev–Trinajstić information content (AvgIpc) is 3.87. The van der Waals surface area contributed by atoms with Gasteiger partial charge in [0, 0.05) is 73.9 Å². The Morgan fingerprint density at radius 3 is 1.63 bits per heavy atom. The zero-order valence-electron chi connectivity index (χ0n) is 28.0. The fourth-order valence-corrected chi connectivity index (χ4v) is 10.5. The van der Waals surface area contributed by atoms with Crippen LogP contribution in [0.5, 0.6) is 0 Å². The first-order valence-electron chi connectivity index (χ1n) is 17.6. The summed E-state index contributed by atoms with van der Waals surface area (Å²) in [6.45, 7) is 0. The first-order valence-corrected chi connectivity index (χ1v) is 19.2. The lowest BCUT2D eigenvalue weighted by Gasteiger charge is -2.25. The first-order chi connectivity index (χ1) is 25.8. The Morgan fingerprint density at radius 2 is 0.923 bits per heavy atom. The minimum absolute atomic E-state index is 1.15. The van der Waals surface area contributed by atoms with Gasteiger partial charge in [0.2, 0.25) is 0 Å². The van der Waals surface area contributed by atoms with Crippen molar-refractivity contribution in [2.24, 2.45) is 0 Å². The predicted octanol–water partition coefficient (Wildman–Crippen LogP) is 14.7. The number of aromatic nitrogens is 1. The molecule has 2 nitrogen and oxygen atoms in total. The van der Waals surface area contributed by atoms with E-state index in [0.29, 0.717) is 0 Å². The lowest BCUT2D eigenvalue weighted by Crippen LogP contribution is -2.09. The Bertz CT molecular complexity index is 3040. The number of anilines is 3. The predicted molar refractivity (Wildman–Crippen MR) is 227 cm³/mol. The lowest BCUT2D eigenvalue weighted by atomic mass is 10.0. The van der Waals surface area contributed by atoms with Gasteiger partial charge in [0.05, 0.1) is 11.0 Å². The van der Waals surface area contributed by atoms with Crippen molar-refractivity contribution in [1.82, 2.24) is 4.57 Å². The quantitative estimate of drug-likeness (QED) is 0.174. The van der Waals surface area contributed by atoms with Gasteiger partial charge >= 0.3 is 0 Å². The number of para-hydroxylation sites is 4. The van der Waals surface area contributed by atoms with Crippen LogP contribution in [0, 0.1) is 0 Å². The Kier molecular flexibility index (Phi) is 6.63. The topological polar surface area (TPSA) is 8.17 Å². The Balaban J connectivity index is 1.02. The fraction of sp³-hybridized carbons (Fsp3) is 0. The third kappa shape index (κ3) is 4.55. The van der Waals surface area contributed by atoms with Crippen LogP contribution in [0.4, 0.5) is 17.1 Å². The minimum atomic E-state index is 1.15. The van der Waals surface area contributed by atoms with Crippen LogP contribution >= 0.6 is 22.7 Å². The molecule has 0 spiro atoms. The fourth-order valence-electron chi connectivity index (χ4n) is 8.03. The molecule has 0 unspecified atom stereocenters. The number of rotatable bonds is 5. The number of nitrogens with zero attached hydrogens (tertiary/aromatic N) is 2. The second kappa shape index (κ2) is 11.7. The summed E-state index contributed by atoms with van der Waals surface area (Å²) in [7, 11) is 0. The van der Waals surface area contributed by atoms with Crippen LogP contribution in [-0.2, 0) is 0 Å². The van der Waals surface area contributed by atoms with E-state index >= 15 is 0 Å². The number of hydrogen-bond donors (Lipinski definition) is 0. The molecule has 0 aliphatic heterocycles. The summed E-state index contributed by atoms with van der Waals surface area (Å²) in [6.07, 6.45) is 0. The van der Waals surface area contributed by atoms with Crippen molar-refractivity contribution in [2.75, 3.05) is 4.90 Å². The van der Waals surface area contributed by atoms with Gasteiger partial charge in [0.1, 0.15) is 0 Å². The molecule has 8 aromatic carbocycles. The van der Waals surface area contributed by atoms with Crippen molar-refractivity contribution >= 4 is 102 Å². The van der Waals surface area contributed by atoms with E-state index in [0.717, 1.165) is 17.1 Å². The van der Waals surface area contributed by atoms with E-state index in [9.17, 15) is 0 Å². The molecule has 0 amide bonds. The third-order valence-electron chi connectivity index (χ3n) is 10.4. The van der Waals surface area contributed by atoms with Crippen molar-refractivity contribution < 1.29 is 0 Å². The van der Waals surface area contributed by atoms with Crippen molar-refractivity contribution in [1.29, 1.82) is 0 Å². The highest BCUT2D eigenvalue weighted by Crippen LogP contribution is 2.45. The molecule has 0 radical (unpaired) electrons. The normalized spacial score (nSPS) is 11.8. The number of fused-ring (bicyclic) bond motifs is 9. The highest BCUT2D eigenvalue weighted by Gasteiger charge is 2.17. The van der Waals surface area contributed by atoms with E-state index < -0.39 is 0 Å². The zero-order valence-corrected chi connectivity index (χ0v) is 29.7. The molecule has 11 aromatic rings. The standard InChI is InChI=1S/C48H30N2S2/c1-3-12-32(13-4-1)49(33-14-5-2-6-15-33)34-23-26-40-39-25-22-31(28-45(39)51-46(40)29-34)36-18-11-19-42-41-27-24-35(30-47(41)52-48(36)42)50-43-20-9-7-16-37(43)38-17-8-10-21-44(38)50/h1-30H. The van der Waals surface area contributed by atoms with Gasteiger partial charge in [-0.25, -0.2) is 0 Å². The summed E-state index contributed by atoms with van der Waals surface area (Å²) in [5.41, 5.74) is 9.67. The van der Waals surface area contributed by atoms with Crippen LogP contribution < -0.4 is 4.90 Å². The summed E-state index contributed by atoms with van der Waals surface area (Å²) in [6, 6.07) is 66.4. The maximum atomic E-state index is 2.41. The second-order valence-corrected chi connectivity index (χ2v) is 15.5. The van der Waals surface area contributed by atoms with Gasteiger partial charge in [-0.05, 0) is 77.9 Å². The average molecular weight is 699 g/mol. The van der Waals surface area contributed by atoms with Crippen LogP contribution in [0.2, 0.25) is 0 Å². The summed E-state index contributed by atoms with van der Waals surface area (Å²) in [5, 5.41) is 7.80. The van der Waals surface area contributed by atoms with Crippen LogP contribution in [0.3, 0.4) is 0 Å². The molecule has 0 fully saturated rings. The number of thiophene rings is 2. The molecule has 11 rings (SSSR count). The van der Waals surface area contributed by atoms with Crippen LogP contribution in [-0.4, -0.2) is 4.57 Å². The molecule has 244 valence electrons. The van der Waals surface area contributed by atoms with Gasteiger partial charge < -0.3 is 9.47 Å². The summed E-state index contributed by atoms with van der Waals surface area (Å²) in [5.74, 6) is 0. The smallest absolute Gasteiger partial charge is 0.0541 e. The molecule has 52 heavy (non-hydrogen) atoms. The first kappa shape index (κ1) is 29.5. The minimum Gasteiger partial charge on any atom is -0.310 e. The van der Waals surface area contributed by atoms with Gasteiger partial charge in [0.15, 0.2) is 0 Å². The van der Waals surface area contributed by atoms with Crippen LogP contribution in [0.15, 0.2) is 182 Å². The van der Waals surface area contributed by atoms with Crippen molar-refractivity contribution in [3.63, 3.8) is 0 Å². The van der Waals surface area contributed by atoms with E-state index in [-0.39, 0.29) is 0 Å². The third-order valence-corrected chi connectivity index (χ3v) is 12.7. The Labute approximate surface area is 308 Å². The SMILES string of the molecule is c1ccc(N(c2ccccc2)c2ccc3c(c2)sc2cc(-c4cccc5c4sc4cc(-n6c7ccccc7c7ccccc76)ccc45)ccc23)cc1. The van der Waals surface area contributed by atoms with Crippen molar-refractivity contribution in [3.8, 4) is 16.8 Å². The molecule has 3 aromatic heterocycles. The number of benzene rings is 8. The molecule has 0 saturated carbocycles. The summed E-state index contributed by atoms with van der Waals surface area (Å²) >= 11 is 3.78. The monoisotopic (exact) mass is 698 g/mol. The van der Waals surface area contributed by atoms with Crippen molar-refractivity contribution in [2.45, 2.75) is 0 Å². The van der Waals surface area contributed by atoms with Gasteiger partial charge in [0.25, 0.3) is 0 Å². The van der Waals surface area contributed by atoms with E-state index in [1.165, 1.54) is 79.0 Å². The molecular formula is C48H30N2S2. The summed E-state index contributed by atoms with van der Waals surface area (Å²) < 4.78 is 7.65. The maximum absolute atomic E-state index is 2.41. The van der Waals surface area contributed by atoms with Crippen LogP contribution in [0.1, 0.15) is 0 Å². The van der Waals surface area contributed by atoms with Gasteiger partial charge in [-0.1, -0.05) is 115 Å². The van der Waals surface area contributed by atoms with Crippen molar-refractivity contribution in [3.05, 3.63) is 182 Å². The number of hydrogen-bond acceptors (Lipinski definition) is 3. The Morgan fingerprint density at radius 1 is 0.365 bits per heavy atom. The summed E-state index contributed by atoms with van der Waals surface area (Å²) in [4.78, 5) is 2.34. The highest BCUT2D eigenvalue weighted by molar-refractivity contribution is 7.26. The lowest BCUT2D eigenvalue weighted by molar-refractivity contribution is 1.19. The van der Waals surface area contributed by atoms with Gasteiger partial charge in [-0.15, -0.1) is 22.7 Å². The van der Waals surface area contributed by atoms with E-state index in [1.54, 1.807) is 0 Å². The molecular weight excluding hydrogens is 669 g/mol. The van der Waals surface area contributed by atoms with Crippen LogP contribution in [0.25, 0.3) is 79.0 Å². The maximum Gasteiger partial charge on any atom is 0.0541 e. The molecule has 4 heteroatoms. The second-order valence-electron chi connectivity index (χ2n) is 13.3. The van der Waals surface area contributed by atoms with E-state index in [2.05, 4.69) is 191 Å². The largest absolute Gasteiger partial charge is 0.310 e. The molecule has 0 atom stereocenters. The molecule has 3 heterocycles. The highest BCUT2D eigenvalue weighted by atomic mass is 32.1. The van der Waals surface area contributed by atoms with E-state index in [1.807, 2.05) is 22.7 Å². The van der Waals surface area contributed by atoms with Gasteiger partial charge in [-0.2, -0.15) is 0 Å². The molecule has 0 N–H and O–H groups in total. The molecule has 0 aliphatic carbocycles. The molecule has 0 saturated heterocycles. The van der Waals surface area contributed by atoms with Gasteiger partial charge in [-0.3, -0.25) is 0 Å². The van der Waals surface area contributed by atoms with E-state index in [4.69, 9.17) is 0 Å². The Hall–Kier alpha value is -6.20. The zero-order chi connectivity index (χ0) is 34.2. The molecule has 0 bridgehead atoms.